The van der Waals surface area contributed by atoms with E-state index in [1.807, 2.05) is 19.1 Å². The van der Waals surface area contributed by atoms with Crippen molar-refractivity contribution in [3.05, 3.63) is 53.1 Å². The lowest BCUT2D eigenvalue weighted by molar-refractivity contribution is 0.376. The second kappa shape index (κ2) is 8.00. The molecule has 0 spiro atoms. The Labute approximate surface area is 185 Å². The van der Waals surface area contributed by atoms with Crippen LogP contribution in [0.3, 0.4) is 0 Å². The number of ether oxygens (including phenoxy) is 1. The summed E-state index contributed by atoms with van der Waals surface area (Å²) in [6.45, 7) is 3.72. The fraction of sp³-hybridized carbons (Fsp3) is 0.409. The summed E-state index contributed by atoms with van der Waals surface area (Å²) in [7, 11) is 1.77. The van der Waals surface area contributed by atoms with Crippen molar-refractivity contribution >= 4 is 23.2 Å². The Morgan fingerprint density at radius 2 is 1.94 bits per heavy atom. The predicted octanol–water partition coefficient (Wildman–Crippen LogP) is 4.43. The Morgan fingerprint density at radius 3 is 2.65 bits per heavy atom. The molecule has 1 aliphatic carbocycles. The molecule has 1 aromatic carbocycles. The number of nitrogens with zero attached hydrogens (tertiary/aromatic N) is 5. The summed E-state index contributed by atoms with van der Waals surface area (Å²) in [6.07, 6.45) is 4.08. The Kier molecular flexibility index (Phi) is 5.17. The lowest BCUT2D eigenvalue weighted by Gasteiger charge is -2.39. The van der Waals surface area contributed by atoms with E-state index in [-0.39, 0.29) is 5.82 Å². The number of hydrogen-bond donors (Lipinski definition) is 1. The van der Waals surface area contributed by atoms with Crippen molar-refractivity contribution in [1.29, 1.82) is 0 Å². The first-order valence-electron chi connectivity index (χ1n) is 10.4. The molecule has 3 heterocycles. The van der Waals surface area contributed by atoms with E-state index >= 15 is 0 Å². The van der Waals surface area contributed by atoms with E-state index in [0.717, 1.165) is 37.2 Å². The molecule has 0 amide bonds. The summed E-state index contributed by atoms with van der Waals surface area (Å²) in [5.41, 5.74) is 1.90. The SMILES string of the molecule is Cc1cc(F)cc(Oc2nc(N[C@H]3[C@@H]4CC[C@H]3CN(c3ccnc(Cl)c3)C4)nn2C)c1. The number of pyridine rings is 1. The molecule has 3 atom stereocenters. The van der Waals surface area contributed by atoms with Crippen LogP contribution in [0.15, 0.2) is 36.5 Å². The number of piperidine rings is 1. The molecule has 2 aliphatic rings. The number of aryl methyl sites for hydroxylation is 2. The summed E-state index contributed by atoms with van der Waals surface area (Å²) in [5, 5.41) is 8.52. The maximum atomic E-state index is 13.7. The first kappa shape index (κ1) is 20.1. The average Bonchev–Trinajstić information content (AvgIpc) is 3.15. The van der Waals surface area contributed by atoms with Crippen molar-refractivity contribution in [2.24, 2.45) is 18.9 Å². The van der Waals surface area contributed by atoms with Gasteiger partial charge in [-0.15, -0.1) is 5.10 Å². The van der Waals surface area contributed by atoms with E-state index in [1.54, 1.807) is 24.0 Å². The maximum absolute atomic E-state index is 13.7. The van der Waals surface area contributed by atoms with Crippen molar-refractivity contribution in [1.82, 2.24) is 19.7 Å². The Balaban J connectivity index is 1.28. The van der Waals surface area contributed by atoms with E-state index in [4.69, 9.17) is 16.3 Å². The molecule has 1 saturated carbocycles. The number of benzene rings is 1. The van der Waals surface area contributed by atoms with Crippen molar-refractivity contribution in [3.8, 4) is 11.8 Å². The minimum atomic E-state index is -0.339. The number of hydrogen-bond acceptors (Lipinski definition) is 6. The number of nitrogens with one attached hydrogen (secondary N) is 1. The van der Waals surface area contributed by atoms with Gasteiger partial charge in [0.05, 0.1) is 0 Å². The minimum Gasteiger partial charge on any atom is -0.424 e. The van der Waals surface area contributed by atoms with Gasteiger partial charge in [0.25, 0.3) is 0 Å². The van der Waals surface area contributed by atoms with Gasteiger partial charge >= 0.3 is 6.01 Å². The number of halogens is 2. The summed E-state index contributed by atoms with van der Waals surface area (Å²) < 4.78 is 21.0. The molecule has 162 valence electrons. The van der Waals surface area contributed by atoms with Crippen LogP contribution in [0, 0.1) is 24.6 Å². The average molecular weight is 443 g/mol. The molecule has 9 heteroatoms. The highest BCUT2D eigenvalue weighted by molar-refractivity contribution is 6.29. The van der Waals surface area contributed by atoms with Gasteiger partial charge in [0.15, 0.2) is 0 Å². The molecular formula is C22H24ClFN6O. The third kappa shape index (κ3) is 4.17. The Morgan fingerprint density at radius 1 is 1.16 bits per heavy atom. The van der Waals surface area contributed by atoms with Crippen LogP contribution in [0.25, 0.3) is 0 Å². The molecule has 2 aromatic heterocycles. The van der Waals surface area contributed by atoms with Crippen molar-refractivity contribution in [2.45, 2.75) is 25.8 Å². The lowest BCUT2D eigenvalue weighted by Crippen LogP contribution is -2.48. The van der Waals surface area contributed by atoms with E-state index in [0.29, 0.717) is 40.7 Å². The molecule has 1 aliphatic heterocycles. The van der Waals surface area contributed by atoms with Gasteiger partial charge in [0.2, 0.25) is 5.95 Å². The van der Waals surface area contributed by atoms with Crippen molar-refractivity contribution < 1.29 is 9.13 Å². The summed E-state index contributed by atoms with van der Waals surface area (Å²) in [4.78, 5) is 11.0. The zero-order valence-electron chi connectivity index (χ0n) is 17.4. The van der Waals surface area contributed by atoms with Gasteiger partial charge in [-0.05, 0) is 61.4 Å². The number of anilines is 2. The van der Waals surface area contributed by atoms with Crippen LogP contribution in [0.4, 0.5) is 16.0 Å². The first-order valence-corrected chi connectivity index (χ1v) is 10.8. The normalized spacial score (nSPS) is 22.6. The fourth-order valence-corrected chi connectivity index (χ4v) is 4.96. The van der Waals surface area contributed by atoms with Crippen LogP contribution in [-0.4, -0.2) is 38.9 Å². The number of fused-ring (bicyclic) bond motifs is 2. The molecule has 3 aromatic rings. The van der Waals surface area contributed by atoms with Gasteiger partial charge in [0, 0.05) is 44.1 Å². The molecule has 1 N–H and O–H groups in total. The third-order valence-electron chi connectivity index (χ3n) is 6.15. The second-order valence-corrected chi connectivity index (χ2v) is 8.80. The van der Waals surface area contributed by atoms with Gasteiger partial charge in [-0.2, -0.15) is 4.98 Å². The van der Waals surface area contributed by atoms with Crippen molar-refractivity contribution in [2.75, 3.05) is 23.3 Å². The summed E-state index contributed by atoms with van der Waals surface area (Å²) in [5.74, 6) is 1.58. The van der Waals surface area contributed by atoms with Crippen LogP contribution in [0.2, 0.25) is 5.15 Å². The zero-order chi connectivity index (χ0) is 21.5. The van der Waals surface area contributed by atoms with Crippen molar-refractivity contribution in [3.63, 3.8) is 0 Å². The summed E-state index contributed by atoms with van der Waals surface area (Å²) >= 11 is 6.08. The van der Waals surface area contributed by atoms with Crippen LogP contribution in [0.1, 0.15) is 18.4 Å². The van der Waals surface area contributed by atoms with Gasteiger partial charge in [-0.1, -0.05) is 11.6 Å². The maximum Gasteiger partial charge on any atom is 0.321 e. The molecule has 0 radical (unpaired) electrons. The van der Waals surface area contributed by atoms with Crippen LogP contribution < -0.4 is 15.0 Å². The lowest BCUT2D eigenvalue weighted by atomic mass is 9.92. The molecule has 5 rings (SSSR count). The molecule has 1 saturated heterocycles. The highest BCUT2D eigenvalue weighted by atomic mass is 35.5. The zero-order valence-corrected chi connectivity index (χ0v) is 18.2. The van der Waals surface area contributed by atoms with Gasteiger partial charge < -0.3 is 15.0 Å². The van der Waals surface area contributed by atoms with Crippen LogP contribution in [-0.2, 0) is 7.05 Å². The molecule has 2 fully saturated rings. The van der Waals surface area contributed by atoms with Gasteiger partial charge in [-0.3, -0.25) is 0 Å². The third-order valence-corrected chi connectivity index (χ3v) is 6.36. The monoisotopic (exact) mass is 442 g/mol. The number of aromatic nitrogens is 4. The Hall–Kier alpha value is -2.87. The standard InChI is InChI=1S/C22H24ClFN6O/c1-13-7-16(24)9-18(8-13)31-22-27-21(28-29(22)2)26-20-14-3-4-15(20)12-30(11-14)17-5-6-25-19(23)10-17/h5-10,14-15,20H,3-4,11-12H2,1-2H3,(H,26,28)/t14-,15+,20+. The van der Waals surface area contributed by atoms with Gasteiger partial charge in [-0.25, -0.2) is 14.1 Å². The predicted molar refractivity (Wildman–Crippen MR) is 117 cm³/mol. The highest BCUT2D eigenvalue weighted by Crippen LogP contribution is 2.40. The topological polar surface area (TPSA) is 68.1 Å². The highest BCUT2D eigenvalue weighted by Gasteiger charge is 2.42. The molecule has 31 heavy (non-hydrogen) atoms. The molecule has 2 bridgehead atoms. The molecular weight excluding hydrogens is 419 g/mol. The molecule has 0 unspecified atom stereocenters. The fourth-order valence-electron chi connectivity index (χ4n) is 4.79. The smallest absolute Gasteiger partial charge is 0.321 e. The van der Waals surface area contributed by atoms with Crippen LogP contribution in [0.5, 0.6) is 11.8 Å². The largest absolute Gasteiger partial charge is 0.424 e. The molecule has 7 nitrogen and oxygen atoms in total. The Bertz CT molecular complexity index is 1070. The summed E-state index contributed by atoms with van der Waals surface area (Å²) in [6, 6.07) is 9.13. The van der Waals surface area contributed by atoms with Gasteiger partial charge in [0.1, 0.15) is 16.7 Å². The van der Waals surface area contributed by atoms with E-state index in [9.17, 15) is 4.39 Å². The number of rotatable bonds is 5. The second-order valence-electron chi connectivity index (χ2n) is 8.42. The van der Waals surface area contributed by atoms with E-state index < -0.39 is 0 Å². The van der Waals surface area contributed by atoms with Crippen LogP contribution >= 0.6 is 11.6 Å². The quantitative estimate of drug-likeness (QED) is 0.589. The van der Waals surface area contributed by atoms with E-state index in [1.165, 1.54) is 12.1 Å². The first-order chi connectivity index (χ1) is 14.9. The van der Waals surface area contributed by atoms with E-state index in [2.05, 4.69) is 25.3 Å². The minimum absolute atomic E-state index is 0.306.